The lowest BCUT2D eigenvalue weighted by Crippen LogP contribution is -2.02. The van der Waals surface area contributed by atoms with E-state index in [0.29, 0.717) is 10.6 Å². The summed E-state index contributed by atoms with van der Waals surface area (Å²) in [6, 6.07) is 12.1. The van der Waals surface area contributed by atoms with Gasteiger partial charge in [-0.3, -0.25) is 4.21 Å². The third kappa shape index (κ3) is 3.26. The quantitative estimate of drug-likeness (QED) is 0.938. The van der Waals surface area contributed by atoms with Gasteiger partial charge in [-0.2, -0.15) is 0 Å². The van der Waals surface area contributed by atoms with Gasteiger partial charge in [0.25, 0.3) is 0 Å². The Labute approximate surface area is 124 Å². The second-order valence-electron chi connectivity index (χ2n) is 4.36. The number of carbonyl (C=O) groups is 1. The van der Waals surface area contributed by atoms with E-state index in [2.05, 4.69) is 0 Å². The molecular formula is C15H13ClO3S. The molecule has 0 bridgehead atoms. The number of rotatable bonds is 4. The second kappa shape index (κ2) is 6.20. The third-order valence-electron chi connectivity index (χ3n) is 2.98. The number of benzene rings is 2. The first-order valence-corrected chi connectivity index (χ1v) is 7.64. The minimum atomic E-state index is -1.30. The Morgan fingerprint density at radius 3 is 2.60 bits per heavy atom. The first kappa shape index (κ1) is 14.8. The standard InChI is InChI=1S/C15H13ClO3S/c1-10-4-2-3-5-11(10)9-20(19)12-6-7-14(16)13(8-12)15(17)18/h2-8H,9H2,1H3,(H,17,18). The topological polar surface area (TPSA) is 54.4 Å². The first-order valence-electron chi connectivity index (χ1n) is 5.95. The molecule has 2 aromatic carbocycles. The fourth-order valence-corrected chi connectivity index (χ4v) is 3.25. The zero-order valence-electron chi connectivity index (χ0n) is 10.8. The Bertz CT molecular complexity index is 683. The van der Waals surface area contributed by atoms with Gasteiger partial charge in [0, 0.05) is 4.90 Å². The van der Waals surface area contributed by atoms with Crippen molar-refractivity contribution in [1.29, 1.82) is 0 Å². The largest absolute Gasteiger partial charge is 0.478 e. The summed E-state index contributed by atoms with van der Waals surface area (Å²) in [6.07, 6.45) is 0. The number of aromatic carboxylic acids is 1. The van der Waals surface area contributed by atoms with Crippen molar-refractivity contribution in [3.8, 4) is 0 Å². The van der Waals surface area contributed by atoms with E-state index in [9.17, 15) is 9.00 Å². The fourth-order valence-electron chi connectivity index (χ4n) is 1.81. The molecule has 2 aromatic rings. The Balaban J connectivity index is 2.28. The summed E-state index contributed by atoms with van der Waals surface area (Å²) in [5.74, 6) is -0.766. The molecule has 0 saturated heterocycles. The summed E-state index contributed by atoms with van der Waals surface area (Å²) in [5.41, 5.74) is 2.02. The Morgan fingerprint density at radius 2 is 1.95 bits per heavy atom. The fraction of sp³-hybridized carbons (Fsp3) is 0.133. The third-order valence-corrected chi connectivity index (χ3v) is 4.66. The van der Waals surface area contributed by atoms with Gasteiger partial charge in [0.15, 0.2) is 0 Å². The van der Waals surface area contributed by atoms with Gasteiger partial charge in [0.05, 0.1) is 27.1 Å². The van der Waals surface area contributed by atoms with Crippen LogP contribution in [-0.4, -0.2) is 15.3 Å². The maximum absolute atomic E-state index is 12.3. The van der Waals surface area contributed by atoms with Crippen molar-refractivity contribution in [2.45, 2.75) is 17.6 Å². The highest BCUT2D eigenvalue weighted by Crippen LogP contribution is 2.22. The van der Waals surface area contributed by atoms with Gasteiger partial charge in [-0.25, -0.2) is 4.79 Å². The smallest absolute Gasteiger partial charge is 0.337 e. The van der Waals surface area contributed by atoms with E-state index in [1.54, 1.807) is 6.07 Å². The van der Waals surface area contributed by atoms with E-state index in [4.69, 9.17) is 16.7 Å². The monoisotopic (exact) mass is 308 g/mol. The summed E-state index contributed by atoms with van der Waals surface area (Å²) in [6.45, 7) is 1.96. The summed E-state index contributed by atoms with van der Waals surface area (Å²) < 4.78 is 12.3. The van der Waals surface area contributed by atoms with Crippen LogP contribution in [0, 0.1) is 6.92 Å². The molecule has 0 fully saturated rings. The molecule has 0 saturated carbocycles. The average Bonchev–Trinajstić information content (AvgIpc) is 2.41. The van der Waals surface area contributed by atoms with Gasteiger partial charge in [0.2, 0.25) is 0 Å². The van der Waals surface area contributed by atoms with E-state index in [1.165, 1.54) is 12.1 Å². The molecule has 0 aliphatic heterocycles. The Kier molecular flexibility index (Phi) is 4.57. The summed E-state index contributed by atoms with van der Waals surface area (Å²) >= 11 is 5.80. The van der Waals surface area contributed by atoms with Crippen LogP contribution in [0.25, 0.3) is 0 Å². The molecule has 0 aliphatic rings. The molecule has 0 amide bonds. The van der Waals surface area contributed by atoms with Crippen molar-refractivity contribution in [1.82, 2.24) is 0 Å². The highest BCUT2D eigenvalue weighted by Gasteiger charge is 2.13. The van der Waals surface area contributed by atoms with Crippen LogP contribution < -0.4 is 0 Å². The van der Waals surface area contributed by atoms with Crippen LogP contribution in [0.5, 0.6) is 0 Å². The van der Waals surface area contributed by atoms with Gasteiger partial charge in [-0.1, -0.05) is 35.9 Å². The first-order chi connectivity index (χ1) is 9.49. The lowest BCUT2D eigenvalue weighted by atomic mass is 10.1. The molecule has 3 nitrogen and oxygen atoms in total. The van der Waals surface area contributed by atoms with Gasteiger partial charge in [-0.05, 0) is 36.2 Å². The van der Waals surface area contributed by atoms with Gasteiger partial charge in [-0.15, -0.1) is 0 Å². The van der Waals surface area contributed by atoms with Crippen molar-refractivity contribution >= 4 is 28.4 Å². The molecular weight excluding hydrogens is 296 g/mol. The summed E-state index contributed by atoms with van der Waals surface area (Å²) in [4.78, 5) is 11.5. The van der Waals surface area contributed by atoms with Crippen LogP contribution in [0.1, 0.15) is 21.5 Å². The molecule has 1 N–H and O–H groups in total. The van der Waals surface area contributed by atoms with Gasteiger partial charge in [0.1, 0.15) is 0 Å². The molecule has 0 aliphatic carbocycles. The van der Waals surface area contributed by atoms with E-state index in [-0.39, 0.29) is 10.6 Å². The number of aryl methyl sites for hydroxylation is 1. The molecule has 1 unspecified atom stereocenters. The minimum Gasteiger partial charge on any atom is -0.478 e. The SMILES string of the molecule is Cc1ccccc1CS(=O)c1ccc(Cl)c(C(=O)O)c1. The highest BCUT2D eigenvalue weighted by atomic mass is 35.5. The van der Waals surface area contributed by atoms with Crippen molar-refractivity contribution in [2.75, 3.05) is 0 Å². The van der Waals surface area contributed by atoms with E-state index in [0.717, 1.165) is 11.1 Å². The number of halogens is 1. The normalized spacial score (nSPS) is 12.1. The lowest BCUT2D eigenvalue weighted by Gasteiger charge is -2.07. The molecule has 0 spiro atoms. The number of carboxylic acids is 1. The molecule has 20 heavy (non-hydrogen) atoms. The molecule has 0 radical (unpaired) electrons. The van der Waals surface area contributed by atoms with Crippen LogP contribution in [0.2, 0.25) is 5.02 Å². The zero-order chi connectivity index (χ0) is 14.7. The minimum absolute atomic E-state index is 0.0256. The number of hydrogen-bond acceptors (Lipinski definition) is 2. The molecule has 1 atom stereocenters. The van der Waals surface area contributed by atoms with Crippen LogP contribution in [0.3, 0.4) is 0 Å². The molecule has 104 valence electrons. The average molecular weight is 309 g/mol. The molecule has 5 heteroatoms. The van der Waals surface area contributed by atoms with Gasteiger partial charge < -0.3 is 5.11 Å². The van der Waals surface area contributed by atoms with Crippen LogP contribution >= 0.6 is 11.6 Å². The molecule has 0 aromatic heterocycles. The van der Waals surface area contributed by atoms with Crippen LogP contribution in [-0.2, 0) is 16.6 Å². The Morgan fingerprint density at radius 1 is 1.25 bits per heavy atom. The predicted molar refractivity (Wildman–Crippen MR) is 79.7 cm³/mol. The van der Waals surface area contributed by atoms with Crippen molar-refractivity contribution in [3.63, 3.8) is 0 Å². The van der Waals surface area contributed by atoms with E-state index < -0.39 is 16.8 Å². The van der Waals surface area contributed by atoms with E-state index in [1.807, 2.05) is 31.2 Å². The van der Waals surface area contributed by atoms with Crippen molar-refractivity contribution in [3.05, 3.63) is 64.2 Å². The van der Waals surface area contributed by atoms with Crippen LogP contribution in [0.15, 0.2) is 47.4 Å². The Hall–Kier alpha value is -1.65. The second-order valence-corrected chi connectivity index (χ2v) is 6.22. The lowest BCUT2D eigenvalue weighted by molar-refractivity contribution is 0.0697. The maximum Gasteiger partial charge on any atom is 0.337 e. The highest BCUT2D eigenvalue weighted by molar-refractivity contribution is 7.84. The van der Waals surface area contributed by atoms with Gasteiger partial charge >= 0.3 is 5.97 Å². The van der Waals surface area contributed by atoms with Crippen molar-refractivity contribution < 1.29 is 14.1 Å². The predicted octanol–water partition coefficient (Wildman–Crippen LogP) is 3.65. The number of carboxylic acid groups (broad SMARTS) is 1. The van der Waals surface area contributed by atoms with Crippen molar-refractivity contribution in [2.24, 2.45) is 0 Å². The summed E-state index contributed by atoms with van der Waals surface area (Å²) in [5, 5.41) is 9.17. The molecule has 0 heterocycles. The summed E-state index contributed by atoms with van der Waals surface area (Å²) in [7, 11) is -1.30. The van der Waals surface area contributed by atoms with E-state index >= 15 is 0 Å². The van der Waals surface area contributed by atoms with Crippen LogP contribution in [0.4, 0.5) is 0 Å². The zero-order valence-corrected chi connectivity index (χ0v) is 12.4. The molecule has 2 rings (SSSR count). The number of hydrogen-bond donors (Lipinski definition) is 1. The maximum atomic E-state index is 12.3.